The number of phenols is 1. The fraction of sp³-hybridized carbons (Fsp3) is 0.286. The predicted octanol–water partition coefficient (Wildman–Crippen LogP) is -0.0205. The number of nitrogens with two attached hydrogens (primary N) is 2. The predicted molar refractivity (Wildman–Crippen MR) is 109 cm³/mol. The van der Waals surface area contributed by atoms with Gasteiger partial charge >= 0.3 is 0 Å². The summed E-state index contributed by atoms with van der Waals surface area (Å²) in [6, 6.07) is 12.7. The number of benzene rings is 2. The molecular formula is C21H26N4O4. The number of aromatic hydroxyl groups is 1. The molecule has 0 aromatic heterocycles. The van der Waals surface area contributed by atoms with Gasteiger partial charge in [0.1, 0.15) is 17.8 Å². The molecule has 0 unspecified atom stereocenters. The Morgan fingerprint density at radius 2 is 1.38 bits per heavy atom. The van der Waals surface area contributed by atoms with Gasteiger partial charge in [0, 0.05) is 12.8 Å². The highest BCUT2D eigenvalue weighted by molar-refractivity contribution is 5.92. The molecule has 0 aliphatic rings. The van der Waals surface area contributed by atoms with Crippen LogP contribution in [-0.4, -0.2) is 41.0 Å². The van der Waals surface area contributed by atoms with Crippen molar-refractivity contribution in [3.63, 3.8) is 0 Å². The van der Waals surface area contributed by atoms with Gasteiger partial charge in [-0.05, 0) is 30.2 Å². The molecule has 0 bridgehead atoms. The van der Waals surface area contributed by atoms with Crippen molar-refractivity contribution < 1.29 is 19.5 Å². The largest absolute Gasteiger partial charge is 0.508 e. The van der Waals surface area contributed by atoms with Gasteiger partial charge in [-0.3, -0.25) is 14.4 Å². The van der Waals surface area contributed by atoms with Crippen LogP contribution in [0.5, 0.6) is 5.75 Å². The van der Waals surface area contributed by atoms with E-state index >= 15 is 0 Å². The van der Waals surface area contributed by atoms with E-state index in [0.717, 1.165) is 5.56 Å². The molecule has 8 heteroatoms. The second kappa shape index (κ2) is 10.2. The molecule has 0 heterocycles. The quantitative estimate of drug-likeness (QED) is 0.403. The summed E-state index contributed by atoms with van der Waals surface area (Å²) < 4.78 is 0. The smallest absolute Gasteiger partial charge is 0.243 e. The molecule has 2 rings (SSSR count). The molecule has 8 nitrogen and oxygen atoms in total. The summed E-state index contributed by atoms with van der Waals surface area (Å²) in [5, 5.41) is 14.6. The third-order valence-corrected chi connectivity index (χ3v) is 4.37. The Labute approximate surface area is 169 Å². The summed E-state index contributed by atoms with van der Waals surface area (Å²) >= 11 is 0. The minimum Gasteiger partial charge on any atom is -0.508 e. The molecule has 0 radical (unpaired) electrons. The summed E-state index contributed by atoms with van der Waals surface area (Å²) in [6.45, 7) is 1.51. The Hall–Kier alpha value is -3.39. The number of rotatable bonds is 9. The molecule has 0 saturated heterocycles. The molecule has 2 aromatic rings. The molecule has 0 aliphatic carbocycles. The summed E-state index contributed by atoms with van der Waals surface area (Å²) in [6.07, 6.45) is 0.385. The van der Waals surface area contributed by atoms with Crippen LogP contribution < -0.4 is 22.1 Å². The molecule has 3 amide bonds. The third kappa shape index (κ3) is 6.93. The summed E-state index contributed by atoms with van der Waals surface area (Å²) in [4.78, 5) is 36.8. The van der Waals surface area contributed by atoms with Crippen LogP contribution in [0, 0.1) is 0 Å². The second-order valence-corrected chi connectivity index (χ2v) is 6.87. The van der Waals surface area contributed by atoms with E-state index in [1.807, 2.05) is 30.3 Å². The normalized spacial score (nSPS) is 13.7. The van der Waals surface area contributed by atoms with E-state index in [1.54, 1.807) is 12.1 Å². The van der Waals surface area contributed by atoms with Crippen molar-refractivity contribution in [3.05, 3.63) is 65.7 Å². The SMILES string of the molecule is C[C@@H](N)C(=O)N[C@@H](Cc1ccc(O)cc1)C(=O)N[C@@H](Cc1ccccc1)C(N)=O. The highest BCUT2D eigenvalue weighted by atomic mass is 16.3. The molecule has 7 N–H and O–H groups in total. The zero-order valence-electron chi connectivity index (χ0n) is 16.2. The van der Waals surface area contributed by atoms with Crippen LogP contribution in [-0.2, 0) is 27.2 Å². The van der Waals surface area contributed by atoms with E-state index in [2.05, 4.69) is 10.6 Å². The molecule has 29 heavy (non-hydrogen) atoms. The van der Waals surface area contributed by atoms with Crippen LogP contribution in [0.15, 0.2) is 54.6 Å². The van der Waals surface area contributed by atoms with Crippen molar-refractivity contribution in [2.75, 3.05) is 0 Å². The Balaban J connectivity index is 2.15. The van der Waals surface area contributed by atoms with Crippen molar-refractivity contribution in [2.24, 2.45) is 11.5 Å². The number of carbonyl (C=O) groups excluding carboxylic acids is 3. The number of hydrogen-bond acceptors (Lipinski definition) is 5. The first-order valence-electron chi connectivity index (χ1n) is 9.23. The van der Waals surface area contributed by atoms with Crippen LogP contribution in [0.3, 0.4) is 0 Å². The van der Waals surface area contributed by atoms with Crippen LogP contribution in [0.25, 0.3) is 0 Å². The van der Waals surface area contributed by atoms with E-state index in [4.69, 9.17) is 11.5 Å². The molecular weight excluding hydrogens is 372 g/mol. The number of primary amides is 1. The summed E-state index contributed by atoms with van der Waals surface area (Å²) in [5.41, 5.74) is 12.6. The van der Waals surface area contributed by atoms with Gasteiger partial charge in [-0.1, -0.05) is 42.5 Å². The highest BCUT2D eigenvalue weighted by Crippen LogP contribution is 2.12. The van der Waals surface area contributed by atoms with Gasteiger partial charge in [0.2, 0.25) is 17.7 Å². The first kappa shape index (κ1) is 21.9. The first-order chi connectivity index (χ1) is 13.8. The van der Waals surface area contributed by atoms with Gasteiger partial charge in [-0.25, -0.2) is 0 Å². The van der Waals surface area contributed by atoms with Crippen molar-refractivity contribution >= 4 is 17.7 Å². The maximum absolute atomic E-state index is 12.9. The number of nitrogens with one attached hydrogen (secondary N) is 2. The van der Waals surface area contributed by atoms with E-state index in [9.17, 15) is 19.5 Å². The van der Waals surface area contributed by atoms with Crippen molar-refractivity contribution in [3.8, 4) is 5.75 Å². The lowest BCUT2D eigenvalue weighted by atomic mass is 10.0. The summed E-state index contributed by atoms with van der Waals surface area (Å²) in [7, 11) is 0. The van der Waals surface area contributed by atoms with Crippen molar-refractivity contribution in [1.29, 1.82) is 0 Å². The molecule has 2 aromatic carbocycles. The molecule has 0 aliphatic heterocycles. The van der Waals surface area contributed by atoms with Gasteiger partial charge < -0.3 is 27.2 Å². The third-order valence-electron chi connectivity index (χ3n) is 4.37. The monoisotopic (exact) mass is 398 g/mol. The molecule has 3 atom stereocenters. The first-order valence-corrected chi connectivity index (χ1v) is 9.23. The fourth-order valence-electron chi connectivity index (χ4n) is 2.73. The maximum Gasteiger partial charge on any atom is 0.243 e. The fourth-order valence-corrected chi connectivity index (χ4v) is 2.73. The zero-order valence-corrected chi connectivity index (χ0v) is 16.2. The van der Waals surface area contributed by atoms with Crippen LogP contribution >= 0.6 is 0 Å². The molecule has 154 valence electrons. The van der Waals surface area contributed by atoms with Crippen LogP contribution in [0.1, 0.15) is 18.1 Å². The van der Waals surface area contributed by atoms with Gasteiger partial charge in [-0.2, -0.15) is 0 Å². The Morgan fingerprint density at radius 3 is 1.93 bits per heavy atom. The van der Waals surface area contributed by atoms with Gasteiger partial charge in [-0.15, -0.1) is 0 Å². The second-order valence-electron chi connectivity index (χ2n) is 6.87. The zero-order chi connectivity index (χ0) is 21.4. The lowest BCUT2D eigenvalue weighted by Gasteiger charge is -2.23. The lowest BCUT2D eigenvalue weighted by Crippen LogP contribution is -2.56. The number of hydrogen-bond donors (Lipinski definition) is 5. The van der Waals surface area contributed by atoms with Gasteiger partial charge in [0.25, 0.3) is 0 Å². The van der Waals surface area contributed by atoms with Crippen molar-refractivity contribution in [2.45, 2.75) is 37.9 Å². The average molecular weight is 398 g/mol. The maximum atomic E-state index is 12.9. The average Bonchev–Trinajstić information content (AvgIpc) is 2.69. The van der Waals surface area contributed by atoms with E-state index in [-0.39, 0.29) is 18.6 Å². The molecule has 0 fully saturated rings. The van der Waals surface area contributed by atoms with Crippen LogP contribution in [0.2, 0.25) is 0 Å². The Morgan fingerprint density at radius 1 is 0.862 bits per heavy atom. The van der Waals surface area contributed by atoms with Crippen molar-refractivity contribution in [1.82, 2.24) is 10.6 Å². The number of carbonyl (C=O) groups is 3. The van der Waals surface area contributed by atoms with E-state index in [1.165, 1.54) is 19.1 Å². The molecule has 0 spiro atoms. The van der Waals surface area contributed by atoms with E-state index < -0.39 is 35.8 Å². The molecule has 0 saturated carbocycles. The number of phenolic OH excluding ortho intramolecular Hbond substituents is 1. The number of amides is 3. The summed E-state index contributed by atoms with van der Waals surface area (Å²) in [5.74, 6) is -1.63. The van der Waals surface area contributed by atoms with E-state index in [0.29, 0.717) is 5.56 Å². The minimum atomic E-state index is -0.962. The lowest BCUT2D eigenvalue weighted by molar-refractivity contribution is -0.131. The van der Waals surface area contributed by atoms with Crippen LogP contribution in [0.4, 0.5) is 0 Å². The topological polar surface area (TPSA) is 148 Å². The Kier molecular flexibility index (Phi) is 7.73. The standard InChI is InChI=1S/C21H26N4O4/c1-13(22)20(28)25-18(12-15-7-9-16(26)10-8-15)21(29)24-17(19(23)27)11-14-5-3-2-4-6-14/h2-10,13,17-18,26H,11-12,22H2,1H3,(H2,23,27)(H,24,29)(H,25,28)/t13-,17+,18+/m1/s1. The van der Waals surface area contributed by atoms with Gasteiger partial charge in [0.05, 0.1) is 6.04 Å². The Bertz CT molecular complexity index is 838. The highest BCUT2D eigenvalue weighted by Gasteiger charge is 2.27. The minimum absolute atomic E-state index is 0.0889. The van der Waals surface area contributed by atoms with Gasteiger partial charge in [0.15, 0.2) is 0 Å².